The summed E-state index contributed by atoms with van der Waals surface area (Å²) >= 11 is 0. The highest BCUT2D eigenvalue weighted by Gasteiger charge is 2.19. The highest BCUT2D eigenvalue weighted by atomic mass is 16.6. The topological polar surface area (TPSA) is 78.9 Å². The fourth-order valence-corrected chi connectivity index (χ4v) is 10.5. The van der Waals surface area contributed by atoms with Crippen molar-refractivity contribution in [2.24, 2.45) is 0 Å². The van der Waals surface area contributed by atoms with E-state index in [4.69, 9.17) is 14.2 Å². The monoisotopic (exact) mass is 1110 g/mol. The van der Waals surface area contributed by atoms with Crippen molar-refractivity contribution in [3.8, 4) is 0 Å². The number of hydrogen-bond acceptors (Lipinski definition) is 6. The van der Waals surface area contributed by atoms with Crippen molar-refractivity contribution in [1.29, 1.82) is 0 Å². The lowest BCUT2D eigenvalue weighted by atomic mass is 10.0. The Bertz CT molecular complexity index is 1360. The van der Waals surface area contributed by atoms with Crippen molar-refractivity contribution in [1.82, 2.24) is 0 Å². The molecule has 0 rings (SSSR count). The molecule has 0 fully saturated rings. The third-order valence-electron chi connectivity index (χ3n) is 15.8. The van der Waals surface area contributed by atoms with Gasteiger partial charge in [-0.25, -0.2) is 0 Å². The van der Waals surface area contributed by atoms with E-state index in [1.54, 1.807) is 0 Å². The molecule has 0 aliphatic heterocycles. The van der Waals surface area contributed by atoms with E-state index in [0.717, 1.165) is 77.0 Å². The van der Waals surface area contributed by atoms with Gasteiger partial charge in [-0.05, 0) is 103 Å². The van der Waals surface area contributed by atoms with E-state index < -0.39 is 6.10 Å². The van der Waals surface area contributed by atoms with E-state index in [2.05, 4.69) is 69.4 Å². The van der Waals surface area contributed by atoms with E-state index in [9.17, 15) is 14.4 Å². The molecule has 0 bridgehead atoms. The van der Waals surface area contributed by atoms with Gasteiger partial charge in [0.2, 0.25) is 0 Å². The van der Waals surface area contributed by atoms with Gasteiger partial charge in [-0.15, -0.1) is 0 Å². The maximum atomic E-state index is 12.9. The molecule has 6 nitrogen and oxygen atoms in total. The van der Waals surface area contributed by atoms with Crippen molar-refractivity contribution in [3.05, 3.63) is 48.6 Å². The first-order valence-electron chi connectivity index (χ1n) is 35.1. The predicted molar refractivity (Wildman–Crippen MR) is 344 cm³/mol. The lowest BCUT2D eigenvalue weighted by molar-refractivity contribution is -0.167. The molecule has 1 atom stereocenters. The third-order valence-corrected chi connectivity index (χ3v) is 15.8. The SMILES string of the molecule is CCCCC/C=C\CCCCCCCC(=O)OCC(COC(=O)CCCCCCCCCCCCCCCCCCCCCCC/C=C\C/C=C\CCCCCCC)OC(=O)CCCCCCC/C=C\CCCCCCCCC. The van der Waals surface area contributed by atoms with Crippen LogP contribution in [-0.4, -0.2) is 37.2 Å². The fourth-order valence-electron chi connectivity index (χ4n) is 10.5. The molecule has 0 aliphatic carbocycles. The number of rotatable bonds is 65. The van der Waals surface area contributed by atoms with Gasteiger partial charge in [0, 0.05) is 19.3 Å². The van der Waals surface area contributed by atoms with Crippen LogP contribution in [0.2, 0.25) is 0 Å². The van der Waals surface area contributed by atoms with Crippen LogP contribution in [0.4, 0.5) is 0 Å². The molecule has 462 valence electrons. The smallest absolute Gasteiger partial charge is 0.306 e. The summed E-state index contributed by atoms with van der Waals surface area (Å²) in [5.41, 5.74) is 0. The van der Waals surface area contributed by atoms with Crippen LogP contribution in [0.5, 0.6) is 0 Å². The van der Waals surface area contributed by atoms with Crippen molar-refractivity contribution in [2.75, 3.05) is 13.2 Å². The van der Waals surface area contributed by atoms with E-state index >= 15 is 0 Å². The van der Waals surface area contributed by atoms with Crippen molar-refractivity contribution in [3.63, 3.8) is 0 Å². The van der Waals surface area contributed by atoms with Crippen LogP contribution in [0.15, 0.2) is 48.6 Å². The minimum absolute atomic E-state index is 0.0748. The molecule has 0 aromatic carbocycles. The second-order valence-electron chi connectivity index (χ2n) is 23.8. The van der Waals surface area contributed by atoms with Crippen LogP contribution in [0, 0.1) is 0 Å². The molecule has 0 spiro atoms. The van der Waals surface area contributed by atoms with Crippen LogP contribution in [0.3, 0.4) is 0 Å². The number of carbonyl (C=O) groups is 3. The van der Waals surface area contributed by atoms with Crippen molar-refractivity contribution in [2.45, 2.75) is 386 Å². The van der Waals surface area contributed by atoms with E-state index in [-0.39, 0.29) is 31.1 Å². The number of unbranched alkanes of at least 4 members (excludes halogenated alkanes) is 46. The molecule has 0 aromatic heterocycles. The minimum atomic E-state index is -0.779. The summed E-state index contributed by atoms with van der Waals surface area (Å²) in [7, 11) is 0. The Morgan fingerprint density at radius 3 is 0.734 bits per heavy atom. The maximum absolute atomic E-state index is 12.9. The minimum Gasteiger partial charge on any atom is -0.462 e. The average Bonchev–Trinajstić information content (AvgIpc) is 3.45. The molecule has 0 amide bonds. The summed E-state index contributed by atoms with van der Waals surface area (Å²) in [5.74, 6) is -0.871. The van der Waals surface area contributed by atoms with Gasteiger partial charge >= 0.3 is 17.9 Å². The number of hydrogen-bond donors (Lipinski definition) is 0. The Morgan fingerprint density at radius 1 is 0.253 bits per heavy atom. The molecule has 0 heterocycles. The van der Waals surface area contributed by atoms with E-state index in [1.165, 1.54) is 263 Å². The summed E-state index contributed by atoms with van der Waals surface area (Å²) in [6, 6.07) is 0. The molecule has 0 aromatic rings. The molecule has 0 radical (unpaired) electrons. The molecule has 0 N–H and O–H groups in total. The van der Waals surface area contributed by atoms with Gasteiger partial charge in [0.1, 0.15) is 13.2 Å². The zero-order valence-electron chi connectivity index (χ0n) is 53.2. The van der Waals surface area contributed by atoms with Crippen molar-refractivity contribution >= 4 is 17.9 Å². The quantitative estimate of drug-likeness (QED) is 0.0261. The molecule has 0 aliphatic rings. The molecule has 0 saturated heterocycles. The first-order chi connectivity index (χ1) is 39.0. The Labute approximate surface area is 492 Å². The second-order valence-corrected chi connectivity index (χ2v) is 23.8. The van der Waals surface area contributed by atoms with Gasteiger partial charge < -0.3 is 14.2 Å². The fraction of sp³-hybridized carbons (Fsp3) is 0.849. The maximum Gasteiger partial charge on any atom is 0.306 e. The van der Waals surface area contributed by atoms with E-state index in [0.29, 0.717) is 19.3 Å². The lowest BCUT2D eigenvalue weighted by Gasteiger charge is -2.18. The predicted octanol–water partition coefficient (Wildman–Crippen LogP) is 24.1. The lowest BCUT2D eigenvalue weighted by Crippen LogP contribution is -2.30. The Morgan fingerprint density at radius 2 is 0.456 bits per heavy atom. The zero-order chi connectivity index (χ0) is 57.1. The normalized spacial score (nSPS) is 12.3. The zero-order valence-corrected chi connectivity index (χ0v) is 53.2. The van der Waals surface area contributed by atoms with Crippen molar-refractivity contribution < 1.29 is 28.6 Å². The molecular formula is C73H134O6. The Balaban J connectivity index is 4.09. The van der Waals surface area contributed by atoms with Gasteiger partial charge in [-0.2, -0.15) is 0 Å². The highest BCUT2D eigenvalue weighted by Crippen LogP contribution is 2.18. The number of ether oxygens (including phenoxy) is 3. The van der Waals surface area contributed by atoms with Gasteiger partial charge in [0.25, 0.3) is 0 Å². The number of carbonyl (C=O) groups excluding carboxylic acids is 3. The summed E-state index contributed by atoms with van der Waals surface area (Å²) in [6.45, 7) is 6.64. The van der Waals surface area contributed by atoms with Crippen LogP contribution in [0.25, 0.3) is 0 Å². The van der Waals surface area contributed by atoms with Gasteiger partial charge in [-0.3, -0.25) is 14.4 Å². The van der Waals surface area contributed by atoms with Crippen LogP contribution < -0.4 is 0 Å². The number of allylic oxidation sites excluding steroid dienone is 8. The summed E-state index contributed by atoms with van der Waals surface area (Å²) in [5, 5.41) is 0. The summed E-state index contributed by atoms with van der Waals surface area (Å²) < 4.78 is 16.9. The molecule has 79 heavy (non-hydrogen) atoms. The van der Waals surface area contributed by atoms with Crippen LogP contribution in [-0.2, 0) is 28.6 Å². The van der Waals surface area contributed by atoms with Gasteiger partial charge in [0.05, 0.1) is 0 Å². The van der Waals surface area contributed by atoms with E-state index in [1.807, 2.05) is 0 Å². The third kappa shape index (κ3) is 66.1. The largest absolute Gasteiger partial charge is 0.462 e. The van der Waals surface area contributed by atoms with Gasteiger partial charge in [-0.1, -0.05) is 307 Å². The molecule has 0 saturated carbocycles. The summed E-state index contributed by atoms with van der Waals surface area (Å²) in [4.78, 5) is 38.3. The summed E-state index contributed by atoms with van der Waals surface area (Å²) in [6.07, 6.45) is 85.8. The highest BCUT2D eigenvalue weighted by molar-refractivity contribution is 5.71. The number of esters is 3. The Hall–Kier alpha value is -2.63. The second kappa shape index (κ2) is 67.9. The van der Waals surface area contributed by atoms with Crippen LogP contribution >= 0.6 is 0 Å². The first kappa shape index (κ1) is 76.4. The average molecular weight is 1110 g/mol. The standard InChI is InChI=1S/C73H134O6/c1-4-7-10-13-16-19-22-25-27-29-30-31-32-33-34-35-36-37-38-39-40-41-42-43-44-45-47-48-51-54-57-60-63-66-72(75)78-69-70(68-77-71(74)65-62-59-56-53-50-24-21-18-15-12-9-6-3)79-73(76)67-64-61-58-55-52-49-46-28-26-23-20-17-14-11-8-5-2/h18,21-22,25,28-30,46,70H,4-17,19-20,23-24,26-27,31-45,47-69H2,1-3H3/b21-18-,25-22-,30-29-,46-28-. The Kier molecular flexibility index (Phi) is 65.6. The van der Waals surface area contributed by atoms with Crippen LogP contribution in [0.1, 0.15) is 380 Å². The van der Waals surface area contributed by atoms with Gasteiger partial charge in [0.15, 0.2) is 6.10 Å². The molecule has 6 heteroatoms. The molecular weight excluding hydrogens is 973 g/mol. The first-order valence-corrected chi connectivity index (χ1v) is 35.1. The molecule has 1 unspecified atom stereocenters.